The quantitative estimate of drug-likeness (QED) is 0.439. The molecular formula is C28H33N3O5. The van der Waals surface area contributed by atoms with Crippen molar-refractivity contribution in [3.05, 3.63) is 42.5 Å². The summed E-state index contributed by atoms with van der Waals surface area (Å²) < 4.78 is 24.7. The normalized spacial score (nSPS) is 19.6. The molecular weight excluding hydrogens is 458 g/mol. The first-order valence-electron chi connectivity index (χ1n) is 12.9. The zero-order valence-electron chi connectivity index (χ0n) is 20.6. The van der Waals surface area contributed by atoms with Crippen LogP contribution < -0.4 is 15.8 Å². The van der Waals surface area contributed by atoms with Crippen LogP contribution in [0.1, 0.15) is 45.1 Å². The van der Waals surface area contributed by atoms with Gasteiger partial charge in [0.15, 0.2) is 0 Å². The molecule has 8 heteroatoms. The lowest BCUT2D eigenvalue weighted by Gasteiger charge is -2.30. The average molecular weight is 492 g/mol. The number of nitrogens with zero attached hydrogens (tertiary/aromatic N) is 1. The van der Waals surface area contributed by atoms with Crippen molar-refractivity contribution >= 4 is 28.4 Å². The lowest BCUT2D eigenvalue weighted by Crippen LogP contribution is -2.33. The number of hydrogen-bond acceptors (Lipinski definition) is 6. The molecule has 0 spiro atoms. The van der Waals surface area contributed by atoms with Gasteiger partial charge < -0.3 is 29.2 Å². The van der Waals surface area contributed by atoms with Gasteiger partial charge in [0.2, 0.25) is 0 Å². The van der Waals surface area contributed by atoms with Gasteiger partial charge in [0, 0.05) is 28.7 Å². The number of fused-ring (bicyclic) bond motifs is 1. The summed E-state index contributed by atoms with van der Waals surface area (Å²) in [6.45, 7) is 3.30. The van der Waals surface area contributed by atoms with Gasteiger partial charge >= 0.3 is 6.09 Å². The predicted molar refractivity (Wildman–Crippen MR) is 138 cm³/mol. The Labute approximate surface area is 210 Å². The monoisotopic (exact) mass is 491 g/mol. The van der Waals surface area contributed by atoms with Crippen molar-refractivity contribution in [3.63, 3.8) is 0 Å². The molecule has 3 N–H and O–H groups in total. The summed E-state index contributed by atoms with van der Waals surface area (Å²) in [5.74, 6) is 1.29. The number of nitrogen functional groups attached to an aromatic ring is 1. The molecule has 36 heavy (non-hydrogen) atoms. The number of carbonyl (C=O) groups excluding carboxylic acids is 1. The number of aromatic nitrogens is 1. The van der Waals surface area contributed by atoms with Gasteiger partial charge in [-0.25, -0.2) is 4.79 Å². The van der Waals surface area contributed by atoms with E-state index in [1.165, 1.54) is 6.42 Å². The molecule has 2 aromatic carbocycles. The van der Waals surface area contributed by atoms with Gasteiger partial charge in [-0.2, -0.15) is 0 Å². The fourth-order valence-electron chi connectivity index (χ4n) is 5.12. The summed E-state index contributed by atoms with van der Waals surface area (Å²) in [4.78, 5) is 12.3. The number of nitrogens with one attached hydrogen (secondary N) is 1. The Morgan fingerprint density at radius 2 is 1.83 bits per heavy atom. The number of ether oxygens (including phenoxy) is 4. The summed E-state index contributed by atoms with van der Waals surface area (Å²) in [7, 11) is 0. The Balaban J connectivity index is 1.27. The first kappa shape index (κ1) is 23.2. The number of carbonyl (C=O) groups is 1. The first-order valence-corrected chi connectivity index (χ1v) is 12.9. The standard InChI is InChI=1S/C28H33N3O5/c1-17(18-5-6-18)35-28(32)30-20-9-7-19(8-10-20)27-26(29)24-12-11-22(36-23-14-33-16-34-15-23)13-25(24)31(27)21-3-2-4-21/h7-13,17-18,21,23H,2-6,14-16,29H2,1H3,(H,30,32). The molecule has 1 aromatic heterocycles. The van der Waals surface area contributed by atoms with Gasteiger partial charge in [0.1, 0.15) is 24.8 Å². The average Bonchev–Trinajstić information content (AvgIpc) is 3.66. The fraction of sp³-hybridized carbons (Fsp3) is 0.464. The summed E-state index contributed by atoms with van der Waals surface area (Å²) >= 11 is 0. The maximum absolute atomic E-state index is 12.3. The zero-order chi connectivity index (χ0) is 24.6. The molecule has 1 atom stereocenters. The van der Waals surface area contributed by atoms with E-state index < -0.39 is 6.09 Å². The highest BCUT2D eigenvalue weighted by Gasteiger charge is 2.31. The third-order valence-electron chi connectivity index (χ3n) is 7.52. The predicted octanol–water partition coefficient (Wildman–Crippen LogP) is 5.71. The van der Waals surface area contributed by atoms with E-state index in [4.69, 9.17) is 24.7 Å². The number of nitrogens with two attached hydrogens (primary N) is 1. The van der Waals surface area contributed by atoms with Gasteiger partial charge in [-0.1, -0.05) is 12.1 Å². The molecule has 190 valence electrons. The van der Waals surface area contributed by atoms with Crippen molar-refractivity contribution in [1.82, 2.24) is 4.57 Å². The van der Waals surface area contributed by atoms with E-state index in [2.05, 4.69) is 16.0 Å². The summed E-state index contributed by atoms with van der Waals surface area (Å²) in [6.07, 6.45) is 5.14. The zero-order valence-corrected chi connectivity index (χ0v) is 20.6. The van der Waals surface area contributed by atoms with Gasteiger partial charge in [0.25, 0.3) is 0 Å². The first-order chi connectivity index (χ1) is 17.6. The van der Waals surface area contributed by atoms with Crippen LogP contribution in [0.25, 0.3) is 22.2 Å². The smallest absolute Gasteiger partial charge is 0.411 e. The third kappa shape index (κ3) is 4.63. The molecule has 2 saturated carbocycles. The number of anilines is 2. The molecule has 1 unspecified atom stereocenters. The van der Waals surface area contributed by atoms with Crippen LogP contribution in [0.3, 0.4) is 0 Å². The van der Waals surface area contributed by atoms with Gasteiger partial charge in [-0.05, 0) is 69.2 Å². The van der Waals surface area contributed by atoms with Gasteiger partial charge in [-0.3, -0.25) is 5.32 Å². The van der Waals surface area contributed by atoms with Crippen molar-refractivity contribution in [2.24, 2.45) is 5.92 Å². The molecule has 2 aliphatic carbocycles. The summed E-state index contributed by atoms with van der Waals surface area (Å²) in [5.41, 5.74) is 11.3. The van der Waals surface area contributed by atoms with Crippen LogP contribution in [0.2, 0.25) is 0 Å². The molecule has 3 fully saturated rings. The summed E-state index contributed by atoms with van der Waals surface area (Å²) in [5, 5.41) is 3.86. The lowest BCUT2D eigenvalue weighted by atomic mass is 9.92. The number of benzene rings is 2. The molecule has 3 aromatic rings. The van der Waals surface area contributed by atoms with E-state index in [0.29, 0.717) is 37.7 Å². The lowest BCUT2D eigenvalue weighted by molar-refractivity contribution is -0.143. The minimum Gasteiger partial charge on any atom is -0.486 e. The second-order valence-corrected chi connectivity index (χ2v) is 10.1. The van der Waals surface area contributed by atoms with Crippen LogP contribution >= 0.6 is 0 Å². The molecule has 2 heterocycles. The van der Waals surface area contributed by atoms with Crippen LogP contribution in [-0.4, -0.2) is 42.9 Å². The molecule has 1 saturated heterocycles. The molecule has 1 amide bonds. The topological polar surface area (TPSA) is 97.0 Å². The third-order valence-corrected chi connectivity index (χ3v) is 7.52. The Bertz CT molecular complexity index is 1240. The van der Waals surface area contributed by atoms with Crippen LogP contribution in [0, 0.1) is 5.92 Å². The van der Waals surface area contributed by atoms with Crippen LogP contribution in [0.5, 0.6) is 5.75 Å². The maximum Gasteiger partial charge on any atom is 0.411 e. The van der Waals surface area contributed by atoms with Crippen molar-refractivity contribution in [3.8, 4) is 17.0 Å². The highest BCUT2D eigenvalue weighted by Crippen LogP contribution is 2.45. The van der Waals surface area contributed by atoms with E-state index in [-0.39, 0.29) is 12.2 Å². The van der Waals surface area contributed by atoms with E-state index in [0.717, 1.165) is 59.3 Å². The number of hydrogen-bond donors (Lipinski definition) is 2. The molecule has 8 nitrogen and oxygen atoms in total. The second kappa shape index (κ2) is 9.67. The minimum absolute atomic E-state index is 0.0470. The van der Waals surface area contributed by atoms with Crippen LogP contribution in [0.15, 0.2) is 42.5 Å². The van der Waals surface area contributed by atoms with E-state index in [9.17, 15) is 4.79 Å². The van der Waals surface area contributed by atoms with Gasteiger partial charge in [-0.15, -0.1) is 0 Å². The highest BCUT2D eigenvalue weighted by molar-refractivity contribution is 6.01. The van der Waals surface area contributed by atoms with E-state index in [1.54, 1.807) is 0 Å². The number of rotatable bonds is 7. The molecule has 1 aliphatic heterocycles. The molecule has 6 rings (SSSR count). The Morgan fingerprint density at radius 3 is 2.50 bits per heavy atom. The Morgan fingerprint density at radius 1 is 1.08 bits per heavy atom. The summed E-state index contributed by atoms with van der Waals surface area (Å²) in [6, 6.07) is 14.3. The van der Waals surface area contributed by atoms with Crippen LogP contribution in [0.4, 0.5) is 16.2 Å². The Kier molecular flexibility index (Phi) is 6.23. The highest BCUT2D eigenvalue weighted by atomic mass is 16.7. The van der Waals surface area contributed by atoms with Crippen molar-refractivity contribution < 1.29 is 23.7 Å². The Hall–Kier alpha value is -3.23. The minimum atomic E-state index is -0.411. The molecule has 0 radical (unpaired) electrons. The van der Waals surface area contributed by atoms with Crippen molar-refractivity contribution in [1.29, 1.82) is 0 Å². The molecule has 0 bridgehead atoms. The van der Waals surface area contributed by atoms with Gasteiger partial charge in [0.05, 0.1) is 30.1 Å². The van der Waals surface area contributed by atoms with E-state index in [1.807, 2.05) is 43.3 Å². The largest absolute Gasteiger partial charge is 0.486 e. The SMILES string of the molecule is CC(OC(=O)Nc1ccc(-c2c(N)c3ccc(OC4COCOC4)cc3n2C2CCC2)cc1)C1CC1. The maximum atomic E-state index is 12.3. The fourth-order valence-corrected chi connectivity index (χ4v) is 5.12. The second-order valence-electron chi connectivity index (χ2n) is 10.1. The number of amides is 1. The molecule has 3 aliphatic rings. The van der Waals surface area contributed by atoms with E-state index >= 15 is 0 Å². The van der Waals surface area contributed by atoms with Crippen molar-refractivity contribution in [2.45, 2.75) is 57.3 Å². The van der Waals surface area contributed by atoms with Crippen LogP contribution in [-0.2, 0) is 14.2 Å². The van der Waals surface area contributed by atoms with Crippen molar-refractivity contribution in [2.75, 3.05) is 31.1 Å².